The van der Waals surface area contributed by atoms with E-state index in [1.807, 2.05) is 0 Å². The molecule has 0 heterocycles. The van der Waals surface area contributed by atoms with Crippen LogP contribution in [0, 0.1) is 11.3 Å². The predicted octanol–water partition coefficient (Wildman–Crippen LogP) is 3.21. The maximum absolute atomic E-state index is 12.6. The van der Waals surface area contributed by atoms with E-state index < -0.39 is 29.6 Å². The number of Topliss-reactive ketones (excluding diaryl/α,β-unsaturated/α-hetero) is 1. The summed E-state index contributed by atoms with van der Waals surface area (Å²) in [4.78, 5) is 23.0. The summed E-state index contributed by atoms with van der Waals surface area (Å²) in [6, 6.07) is 6.07. The lowest BCUT2D eigenvalue weighted by Gasteiger charge is -2.17. The normalized spacial score (nSPS) is 12.6. The molecule has 0 bridgehead atoms. The number of carbonyl (C=O) groups excluding carboxylic acids is 2. The molecule has 1 rings (SSSR count). The summed E-state index contributed by atoms with van der Waals surface area (Å²) in [6.07, 6.45) is -5.54. The minimum absolute atomic E-state index is 0.190. The van der Waals surface area contributed by atoms with E-state index in [0.717, 1.165) is 0 Å². The van der Waals surface area contributed by atoms with E-state index in [-0.39, 0.29) is 13.0 Å². The number of halogens is 4. The van der Waals surface area contributed by atoms with Crippen molar-refractivity contribution in [1.82, 2.24) is 0 Å². The Morgan fingerprint density at radius 1 is 1.36 bits per heavy atom. The summed E-state index contributed by atoms with van der Waals surface area (Å²) in [5, 5.41) is 8.04. The van der Waals surface area contributed by atoms with Crippen molar-refractivity contribution in [3.63, 3.8) is 0 Å². The van der Waals surface area contributed by atoms with Gasteiger partial charge in [-0.05, 0) is 24.6 Å². The Kier molecular flexibility index (Phi) is 6.11. The van der Waals surface area contributed by atoms with Gasteiger partial charge in [0.2, 0.25) is 0 Å². The first-order valence-corrected chi connectivity index (χ1v) is 6.64. The topological polar surface area (TPSA) is 67.2 Å². The van der Waals surface area contributed by atoms with Crippen LogP contribution in [0.25, 0.3) is 0 Å². The molecule has 8 heteroatoms. The van der Waals surface area contributed by atoms with Crippen LogP contribution in [0.3, 0.4) is 0 Å². The molecular formula is C14H13ClF3NO3. The zero-order chi connectivity index (χ0) is 16.9. The van der Waals surface area contributed by atoms with Crippen molar-refractivity contribution >= 4 is 29.1 Å². The average molecular weight is 336 g/mol. The zero-order valence-corrected chi connectivity index (χ0v) is 12.3. The van der Waals surface area contributed by atoms with Crippen molar-refractivity contribution in [3.05, 3.63) is 34.9 Å². The van der Waals surface area contributed by atoms with Gasteiger partial charge in [-0.15, -0.1) is 0 Å². The molecule has 0 aliphatic rings. The summed E-state index contributed by atoms with van der Waals surface area (Å²) in [6.45, 7) is 1.21. The Labute approximate surface area is 129 Å². The van der Waals surface area contributed by atoms with Crippen LogP contribution >= 0.6 is 11.6 Å². The fourth-order valence-corrected chi connectivity index (χ4v) is 1.98. The van der Waals surface area contributed by atoms with E-state index in [4.69, 9.17) is 17.0 Å². The summed E-state index contributed by atoms with van der Waals surface area (Å²) in [7, 11) is 0. The van der Waals surface area contributed by atoms with Crippen molar-refractivity contribution < 1.29 is 27.5 Å². The Morgan fingerprint density at radius 2 is 2.00 bits per heavy atom. The van der Waals surface area contributed by atoms with Gasteiger partial charge in [0.05, 0.1) is 6.61 Å². The van der Waals surface area contributed by atoms with Gasteiger partial charge in [0.15, 0.2) is 5.92 Å². The molecule has 4 nitrogen and oxygen atoms in total. The Bertz CT molecular complexity index is 587. The Balaban J connectivity index is 3.02. The van der Waals surface area contributed by atoms with E-state index in [9.17, 15) is 22.8 Å². The number of carbonyl (C=O) groups is 2. The van der Waals surface area contributed by atoms with Crippen LogP contribution in [0.2, 0.25) is 5.02 Å². The third-order valence-corrected chi connectivity index (χ3v) is 2.93. The van der Waals surface area contributed by atoms with E-state index in [2.05, 4.69) is 4.74 Å². The molecule has 1 unspecified atom stereocenters. The maximum atomic E-state index is 12.6. The molecule has 0 aliphatic carbocycles. The molecule has 0 radical (unpaired) electrons. The van der Waals surface area contributed by atoms with Crippen molar-refractivity contribution in [2.24, 2.45) is 5.92 Å². The summed E-state index contributed by atoms with van der Waals surface area (Å²) >= 11 is 5.75. The summed E-state index contributed by atoms with van der Waals surface area (Å²) in [5.74, 6) is -5.98. The van der Waals surface area contributed by atoms with Gasteiger partial charge in [-0.25, -0.2) is 0 Å². The second-order valence-corrected chi connectivity index (χ2v) is 4.82. The number of hydrogen-bond donors (Lipinski definition) is 1. The molecule has 0 fully saturated rings. The monoisotopic (exact) mass is 335 g/mol. The molecule has 0 saturated heterocycles. The number of hydrogen-bond acceptors (Lipinski definition) is 4. The average Bonchev–Trinajstić information content (AvgIpc) is 2.37. The first-order chi connectivity index (χ1) is 10.2. The van der Waals surface area contributed by atoms with Gasteiger partial charge in [0.1, 0.15) is 0 Å². The zero-order valence-electron chi connectivity index (χ0n) is 11.5. The second kappa shape index (κ2) is 7.40. The van der Waals surface area contributed by atoms with E-state index in [1.165, 1.54) is 19.1 Å². The number of esters is 1. The molecular weight excluding hydrogens is 323 g/mol. The van der Waals surface area contributed by atoms with Gasteiger partial charge in [-0.3, -0.25) is 9.59 Å². The number of benzene rings is 1. The fraction of sp³-hybridized carbons (Fsp3) is 0.357. The first kappa shape index (κ1) is 18.2. The number of nitrogens with one attached hydrogen (secondary N) is 1. The minimum atomic E-state index is -5.22. The summed E-state index contributed by atoms with van der Waals surface area (Å²) in [5.41, 5.74) is -0.273. The highest BCUT2D eigenvalue weighted by Crippen LogP contribution is 2.24. The highest BCUT2D eigenvalue weighted by molar-refractivity contribution is 6.30. The van der Waals surface area contributed by atoms with Crippen LogP contribution in [0.15, 0.2) is 24.3 Å². The van der Waals surface area contributed by atoms with Crippen molar-refractivity contribution in [2.45, 2.75) is 19.5 Å². The largest absolute Gasteiger partial charge is 0.465 e. The highest BCUT2D eigenvalue weighted by atomic mass is 35.5. The van der Waals surface area contributed by atoms with Crippen molar-refractivity contribution in [2.75, 3.05) is 6.61 Å². The molecule has 22 heavy (non-hydrogen) atoms. The molecule has 1 N–H and O–H groups in total. The maximum Gasteiger partial charge on any atom is 0.451 e. The van der Waals surface area contributed by atoms with Gasteiger partial charge in [0.25, 0.3) is 5.78 Å². The quantitative estimate of drug-likeness (QED) is 0.493. The smallest absolute Gasteiger partial charge is 0.451 e. The van der Waals surface area contributed by atoms with Crippen LogP contribution in [-0.4, -0.2) is 30.2 Å². The lowest BCUT2D eigenvalue weighted by molar-refractivity contribution is -0.177. The summed E-state index contributed by atoms with van der Waals surface area (Å²) < 4.78 is 42.2. The molecule has 1 atom stereocenters. The Hall–Kier alpha value is -1.89. The lowest BCUT2D eigenvalue weighted by Crippen LogP contribution is -2.41. The van der Waals surface area contributed by atoms with Crippen LogP contribution in [0.1, 0.15) is 12.5 Å². The van der Waals surface area contributed by atoms with E-state index in [0.29, 0.717) is 10.6 Å². The lowest BCUT2D eigenvalue weighted by atomic mass is 9.93. The molecule has 0 spiro atoms. The Morgan fingerprint density at radius 3 is 2.50 bits per heavy atom. The van der Waals surface area contributed by atoms with Crippen molar-refractivity contribution in [3.8, 4) is 0 Å². The first-order valence-electron chi connectivity index (χ1n) is 6.26. The molecule has 1 aromatic carbocycles. The van der Waals surface area contributed by atoms with Gasteiger partial charge < -0.3 is 10.1 Å². The van der Waals surface area contributed by atoms with E-state index in [1.54, 1.807) is 12.1 Å². The minimum Gasteiger partial charge on any atom is -0.465 e. The number of alkyl halides is 3. The predicted molar refractivity (Wildman–Crippen MR) is 74.1 cm³/mol. The van der Waals surface area contributed by atoms with Gasteiger partial charge >= 0.3 is 12.1 Å². The SMILES string of the molecule is CCOC(=O)C(C(=N)Cc1cccc(Cl)c1)C(=O)C(F)(F)F. The van der Waals surface area contributed by atoms with Crippen LogP contribution < -0.4 is 0 Å². The molecule has 1 aromatic rings. The molecule has 0 aliphatic heterocycles. The molecule has 0 saturated carbocycles. The van der Waals surface area contributed by atoms with Crippen LogP contribution in [0.5, 0.6) is 0 Å². The van der Waals surface area contributed by atoms with Gasteiger partial charge in [-0.2, -0.15) is 13.2 Å². The molecule has 0 amide bonds. The van der Waals surface area contributed by atoms with Crippen molar-refractivity contribution in [1.29, 1.82) is 5.41 Å². The van der Waals surface area contributed by atoms with Gasteiger partial charge in [-0.1, -0.05) is 23.7 Å². The molecule has 0 aromatic heterocycles. The molecule has 120 valence electrons. The number of rotatable bonds is 6. The third-order valence-electron chi connectivity index (χ3n) is 2.70. The van der Waals surface area contributed by atoms with Crippen LogP contribution in [-0.2, 0) is 20.7 Å². The highest BCUT2D eigenvalue weighted by Gasteiger charge is 2.48. The van der Waals surface area contributed by atoms with E-state index >= 15 is 0 Å². The van der Waals surface area contributed by atoms with Crippen LogP contribution in [0.4, 0.5) is 13.2 Å². The third kappa shape index (κ3) is 4.84. The second-order valence-electron chi connectivity index (χ2n) is 4.38. The fourth-order valence-electron chi connectivity index (χ4n) is 1.77. The standard InChI is InChI=1S/C14H13ClF3NO3/c1-2-22-13(21)11(12(20)14(16,17)18)10(19)7-8-4-3-5-9(15)6-8/h3-6,11,19H,2,7H2,1H3. The van der Waals surface area contributed by atoms with Gasteiger partial charge in [0, 0.05) is 17.2 Å². The number of ketones is 1. The number of ether oxygens (including phenoxy) is 1.